The Bertz CT molecular complexity index is 1100. The Labute approximate surface area is 138 Å². The fourth-order valence-corrected chi connectivity index (χ4v) is 3.34. The second-order valence-electron chi connectivity index (χ2n) is 4.73. The van der Waals surface area contributed by atoms with Gasteiger partial charge in [0.1, 0.15) is 0 Å². The third kappa shape index (κ3) is 3.20. The number of hydrogen-bond donors (Lipinski definition) is 3. The summed E-state index contributed by atoms with van der Waals surface area (Å²) in [7, 11) is -3.82. The summed E-state index contributed by atoms with van der Waals surface area (Å²) in [5.74, 6) is 0. The number of aromatic nitrogens is 2. The van der Waals surface area contributed by atoms with Gasteiger partial charge in [0, 0.05) is 10.2 Å². The number of halogens is 1. The smallest absolute Gasteiger partial charge is 0.314 e. The van der Waals surface area contributed by atoms with Crippen LogP contribution in [0.5, 0.6) is 0 Å². The van der Waals surface area contributed by atoms with Crippen LogP contribution in [0.4, 0.5) is 5.69 Å². The molecule has 0 spiro atoms. The summed E-state index contributed by atoms with van der Waals surface area (Å²) >= 11 is 3.27. The number of anilines is 1. The van der Waals surface area contributed by atoms with E-state index in [9.17, 15) is 18.0 Å². The van der Waals surface area contributed by atoms with E-state index in [1.165, 1.54) is 18.2 Å². The Morgan fingerprint density at radius 1 is 0.870 bits per heavy atom. The highest BCUT2D eigenvalue weighted by molar-refractivity contribution is 9.10. The molecule has 3 N–H and O–H groups in total. The van der Waals surface area contributed by atoms with Crippen LogP contribution in [0.2, 0.25) is 0 Å². The molecule has 118 valence electrons. The zero-order valence-electron chi connectivity index (χ0n) is 11.5. The molecule has 0 saturated heterocycles. The normalized spacial score (nSPS) is 11.5. The van der Waals surface area contributed by atoms with E-state index < -0.39 is 21.1 Å². The van der Waals surface area contributed by atoms with Crippen LogP contribution in [0, 0.1) is 0 Å². The Hall–Kier alpha value is -2.39. The molecule has 0 amide bonds. The molecule has 1 heterocycles. The molecule has 2 aromatic carbocycles. The standard InChI is InChI=1S/C14H10BrN3O4S/c15-8-1-3-9(4-2-8)18-23(21,22)10-5-6-11-12(7-10)17-14(20)13(19)16-11/h1-7,18H,(H,16,19)(H,17,20). The van der Waals surface area contributed by atoms with Gasteiger partial charge in [-0.05, 0) is 42.5 Å². The minimum Gasteiger partial charge on any atom is -0.316 e. The first-order valence-corrected chi connectivity index (χ1v) is 8.67. The molecule has 0 saturated carbocycles. The summed E-state index contributed by atoms with van der Waals surface area (Å²) in [5.41, 5.74) is -0.650. The van der Waals surface area contributed by atoms with E-state index in [0.717, 1.165) is 4.47 Å². The number of nitrogens with one attached hydrogen (secondary N) is 3. The Balaban J connectivity index is 2.04. The lowest BCUT2D eigenvalue weighted by Gasteiger charge is -2.09. The monoisotopic (exact) mass is 395 g/mol. The number of aromatic amines is 2. The van der Waals surface area contributed by atoms with Gasteiger partial charge in [0.2, 0.25) is 0 Å². The highest BCUT2D eigenvalue weighted by atomic mass is 79.9. The molecule has 0 unspecified atom stereocenters. The molecule has 0 aliphatic carbocycles. The van der Waals surface area contributed by atoms with Crippen LogP contribution >= 0.6 is 15.9 Å². The van der Waals surface area contributed by atoms with Gasteiger partial charge >= 0.3 is 11.1 Å². The summed E-state index contributed by atoms with van der Waals surface area (Å²) in [6.07, 6.45) is 0. The zero-order chi connectivity index (χ0) is 16.6. The number of fused-ring (bicyclic) bond motifs is 1. The van der Waals surface area contributed by atoms with Gasteiger partial charge in [-0.2, -0.15) is 0 Å². The fraction of sp³-hybridized carbons (Fsp3) is 0. The maximum absolute atomic E-state index is 12.4. The van der Waals surface area contributed by atoms with E-state index in [4.69, 9.17) is 0 Å². The van der Waals surface area contributed by atoms with Crippen LogP contribution < -0.4 is 15.8 Å². The average Bonchev–Trinajstić information content (AvgIpc) is 2.50. The van der Waals surface area contributed by atoms with Gasteiger partial charge in [-0.1, -0.05) is 15.9 Å². The second-order valence-corrected chi connectivity index (χ2v) is 7.33. The Morgan fingerprint density at radius 2 is 1.48 bits per heavy atom. The van der Waals surface area contributed by atoms with Gasteiger partial charge in [0.05, 0.1) is 15.9 Å². The third-order valence-electron chi connectivity index (χ3n) is 3.10. The van der Waals surface area contributed by atoms with Crippen LogP contribution in [0.3, 0.4) is 0 Å². The number of benzene rings is 2. The summed E-state index contributed by atoms with van der Waals surface area (Å²) in [6, 6.07) is 10.7. The first kappa shape index (κ1) is 15.5. The SMILES string of the molecule is O=c1[nH]c2ccc(S(=O)(=O)Nc3ccc(Br)cc3)cc2[nH]c1=O. The minimum atomic E-state index is -3.82. The Kier molecular flexibility index (Phi) is 3.82. The molecule has 1 aromatic heterocycles. The minimum absolute atomic E-state index is 0.0318. The highest BCUT2D eigenvalue weighted by Crippen LogP contribution is 2.20. The molecule has 0 aliphatic rings. The van der Waals surface area contributed by atoms with Crippen LogP contribution in [-0.4, -0.2) is 18.4 Å². The van der Waals surface area contributed by atoms with Crippen molar-refractivity contribution in [2.75, 3.05) is 4.72 Å². The lowest BCUT2D eigenvalue weighted by Crippen LogP contribution is -2.29. The molecule has 7 nitrogen and oxygen atoms in total. The molecule has 0 fully saturated rings. The first-order valence-electron chi connectivity index (χ1n) is 6.40. The molecule has 9 heteroatoms. The molecule has 3 aromatic rings. The zero-order valence-corrected chi connectivity index (χ0v) is 13.9. The van der Waals surface area contributed by atoms with Crippen LogP contribution in [-0.2, 0) is 10.0 Å². The second kappa shape index (κ2) is 5.67. The van der Waals surface area contributed by atoms with E-state index >= 15 is 0 Å². The third-order valence-corrected chi connectivity index (χ3v) is 5.01. The van der Waals surface area contributed by atoms with Crippen molar-refractivity contribution >= 4 is 42.7 Å². The maximum Gasteiger partial charge on any atom is 0.314 e. The number of rotatable bonds is 3. The summed E-state index contributed by atoms with van der Waals surface area (Å²) in [6.45, 7) is 0. The molecule has 0 aliphatic heterocycles. The number of H-pyrrole nitrogens is 2. The van der Waals surface area contributed by atoms with Crippen LogP contribution in [0.1, 0.15) is 0 Å². The van der Waals surface area contributed by atoms with Gasteiger partial charge in [-0.15, -0.1) is 0 Å². The molecule has 0 atom stereocenters. The predicted molar refractivity (Wildman–Crippen MR) is 90.1 cm³/mol. The lowest BCUT2D eigenvalue weighted by molar-refractivity contribution is 0.601. The summed E-state index contributed by atoms with van der Waals surface area (Å²) < 4.78 is 28.1. The predicted octanol–water partition coefficient (Wildman–Crippen LogP) is 1.78. The maximum atomic E-state index is 12.4. The first-order chi connectivity index (χ1) is 10.8. The van der Waals surface area contributed by atoms with E-state index in [1.54, 1.807) is 24.3 Å². The quantitative estimate of drug-likeness (QED) is 0.586. The van der Waals surface area contributed by atoms with Crippen LogP contribution in [0.15, 0.2) is 61.4 Å². The molecular weight excluding hydrogens is 386 g/mol. The van der Waals surface area contributed by atoms with E-state index in [-0.39, 0.29) is 10.4 Å². The number of sulfonamides is 1. The molecule has 0 bridgehead atoms. The van der Waals surface area contributed by atoms with E-state index in [2.05, 4.69) is 30.6 Å². The Morgan fingerprint density at radius 3 is 2.13 bits per heavy atom. The molecule has 0 radical (unpaired) electrons. The van der Waals surface area contributed by atoms with Crippen molar-refractivity contribution in [3.05, 3.63) is 67.6 Å². The van der Waals surface area contributed by atoms with Gasteiger partial charge in [-0.3, -0.25) is 14.3 Å². The van der Waals surface area contributed by atoms with Crippen molar-refractivity contribution < 1.29 is 8.42 Å². The highest BCUT2D eigenvalue weighted by Gasteiger charge is 2.15. The fourth-order valence-electron chi connectivity index (χ4n) is 1.99. The topological polar surface area (TPSA) is 112 Å². The van der Waals surface area contributed by atoms with Gasteiger partial charge < -0.3 is 9.97 Å². The van der Waals surface area contributed by atoms with E-state index in [0.29, 0.717) is 11.2 Å². The van der Waals surface area contributed by atoms with Gasteiger partial charge in [-0.25, -0.2) is 8.42 Å². The van der Waals surface area contributed by atoms with Crippen molar-refractivity contribution in [1.82, 2.24) is 9.97 Å². The van der Waals surface area contributed by atoms with Crippen molar-refractivity contribution in [2.45, 2.75) is 4.90 Å². The van der Waals surface area contributed by atoms with Gasteiger partial charge in [0.25, 0.3) is 10.0 Å². The van der Waals surface area contributed by atoms with Crippen molar-refractivity contribution in [3.63, 3.8) is 0 Å². The summed E-state index contributed by atoms with van der Waals surface area (Å²) in [4.78, 5) is 27.3. The van der Waals surface area contributed by atoms with E-state index in [1.807, 2.05) is 0 Å². The molecular formula is C14H10BrN3O4S. The number of hydrogen-bond acceptors (Lipinski definition) is 4. The molecule has 23 heavy (non-hydrogen) atoms. The average molecular weight is 396 g/mol. The molecule has 3 rings (SSSR count). The van der Waals surface area contributed by atoms with Crippen molar-refractivity contribution in [2.24, 2.45) is 0 Å². The van der Waals surface area contributed by atoms with Crippen molar-refractivity contribution in [3.8, 4) is 0 Å². The lowest BCUT2D eigenvalue weighted by atomic mass is 10.3. The summed E-state index contributed by atoms with van der Waals surface area (Å²) in [5, 5.41) is 0. The largest absolute Gasteiger partial charge is 0.316 e. The van der Waals surface area contributed by atoms with Crippen LogP contribution in [0.25, 0.3) is 11.0 Å². The van der Waals surface area contributed by atoms with Gasteiger partial charge in [0.15, 0.2) is 0 Å². The van der Waals surface area contributed by atoms with Crippen molar-refractivity contribution in [1.29, 1.82) is 0 Å².